The van der Waals surface area contributed by atoms with Gasteiger partial charge in [0.05, 0.1) is 5.69 Å². The Kier molecular flexibility index (Phi) is 0.344. The Labute approximate surface area is 50.9 Å². The second kappa shape index (κ2) is 0.857. The fourth-order valence-corrected chi connectivity index (χ4v) is 1.09. The molecular formula is C6H4N2O. The molecule has 0 bridgehead atoms. The quantitative estimate of drug-likeness (QED) is 0.457. The van der Waals surface area contributed by atoms with Crippen LogP contribution in [0.2, 0.25) is 0 Å². The van der Waals surface area contributed by atoms with Crippen molar-refractivity contribution in [1.82, 2.24) is 4.40 Å². The maximum atomic E-state index is 5.14. The largest absolute Gasteiger partial charge is 0.444 e. The molecule has 0 aromatic carbocycles. The summed E-state index contributed by atoms with van der Waals surface area (Å²) in [5.41, 5.74) is 3.25. The molecule has 0 saturated heterocycles. The molecule has 0 unspecified atom stereocenters. The van der Waals surface area contributed by atoms with Crippen molar-refractivity contribution < 1.29 is 4.42 Å². The lowest BCUT2D eigenvalue weighted by molar-refractivity contribution is 0.610. The van der Waals surface area contributed by atoms with E-state index in [1.807, 2.05) is 16.8 Å². The van der Waals surface area contributed by atoms with Crippen molar-refractivity contribution in [1.29, 1.82) is 0 Å². The van der Waals surface area contributed by atoms with Gasteiger partial charge in [0.2, 0.25) is 5.71 Å². The molecule has 3 heterocycles. The number of hydrogen-bond donors (Lipinski definition) is 1. The van der Waals surface area contributed by atoms with Gasteiger partial charge < -0.3 is 9.73 Å². The fraction of sp³-hybridized carbons (Fsp3) is 0. The number of nitrogens with zero attached hydrogens (tertiary/aromatic N) is 1. The molecule has 3 rings (SSSR count). The summed E-state index contributed by atoms with van der Waals surface area (Å²) in [6.45, 7) is 0. The lowest BCUT2D eigenvalue weighted by Crippen LogP contribution is -1.73. The van der Waals surface area contributed by atoms with Gasteiger partial charge in [-0.2, -0.15) is 0 Å². The van der Waals surface area contributed by atoms with Crippen molar-refractivity contribution >= 4 is 17.1 Å². The van der Waals surface area contributed by atoms with Gasteiger partial charge in [-0.3, -0.25) is 4.40 Å². The van der Waals surface area contributed by atoms with Gasteiger partial charge in [-0.1, -0.05) is 0 Å². The van der Waals surface area contributed by atoms with Gasteiger partial charge in [-0.25, -0.2) is 0 Å². The molecule has 0 aliphatic carbocycles. The van der Waals surface area contributed by atoms with Crippen LogP contribution < -0.4 is 5.32 Å². The second-order valence-corrected chi connectivity index (χ2v) is 2.16. The van der Waals surface area contributed by atoms with Crippen LogP contribution in [0.15, 0.2) is 23.1 Å². The molecule has 0 fully saturated rings. The van der Waals surface area contributed by atoms with Crippen LogP contribution in [0.4, 0.5) is 11.4 Å². The number of rotatable bonds is 0. The summed E-state index contributed by atoms with van der Waals surface area (Å²) in [5, 5.41) is 3.07. The lowest BCUT2D eigenvalue weighted by atomic mass is 10.7. The summed E-state index contributed by atoms with van der Waals surface area (Å²) >= 11 is 0. The molecule has 1 aliphatic heterocycles. The van der Waals surface area contributed by atoms with Gasteiger partial charge in [-0.15, -0.1) is 0 Å². The average Bonchev–Trinajstić information content (AvgIpc) is 2.38. The highest BCUT2D eigenvalue weighted by Gasteiger charge is 2.23. The number of hydrogen-bond acceptors (Lipinski definition) is 2. The molecule has 1 N–H and O–H groups in total. The van der Waals surface area contributed by atoms with Crippen LogP contribution in [0.25, 0.3) is 5.71 Å². The molecule has 44 valence electrons. The Balaban J connectivity index is 2.70. The fourth-order valence-electron chi connectivity index (χ4n) is 1.09. The summed E-state index contributed by atoms with van der Waals surface area (Å²) in [6, 6.07) is 0. The predicted octanol–water partition coefficient (Wildman–Crippen LogP) is 1.59. The molecule has 0 spiro atoms. The molecular weight excluding hydrogens is 116 g/mol. The number of anilines is 2. The highest BCUT2D eigenvalue weighted by atomic mass is 16.3. The maximum Gasteiger partial charge on any atom is 0.229 e. The van der Waals surface area contributed by atoms with Gasteiger partial charge in [0.25, 0.3) is 0 Å². The smallest absolute Gasteiger partial charge is 0.229 e. The van der Waals surface area contributed by atoms with Crippen molar-refractivity contribution in [2.24, 2.45) is 0 Å². The first-order valence-electron chi connectivity index (χ1n) is 2.80. The minimum Gasteiger partial charge on any atom is -0.444 e. The summed E-state index contributed by atoms with van der Waals surface area (Å²) in [5.74, 6) is 0. The maximum absolute atomic E-state index is 5.14. The molecule has 0 atom stereocenters. The third-order valence-corrected chi connectivity index (χ3v) is 1.58. The summed E-state index contributed by atoms with van der Waals surface area (Å²) in [7, 11) is 0. The zero-order chi connectivity index (χ0) is 5.84. The van der Waals surface area contributed by atoms with Crippen molar-refractivity contribution in [3.05, 3.63) is 18.7 Å². The van der Waals surface area contributed by atoms with E-state index in [2.05, 4.69) is 5.32 Å². The predicted molar refractivity (Wildman–Crippen MR) is 32.9 cm³/mol. The standard InChI is InChI=1S/C6H4N2O/c1-2-9-6-5-4(7-5)3-8(1)6/h1-3,7H. The minimum atomic E-state index is 0.921. The molecule has 3 heteroatoms. The SMILES string of the molecule is c1cn2cc3c(c2o1)N3. The Hall–Kier alpha value is -1.38. The third-order valence-electron chi connectivity index (χ3n) is 1.58. The first-order valence-corrected chi connectivity index (χ1v) is 2.80. The van der Waals surface area contributed by atoms with Gasteiger partial charge >= 0.3 is 0 Å². The summed E-state index contributed by atoms with van der Waals surface area (Å²) in [6.07, 6.45) is 5.58. The molecule has 9 heavy (non-hydrogen) atoms. The van der Waals surface area contributed by atoms with Crippen LogP contribution in [0.1, 0.15) is 0 Å². The third kappa shape index (κ3) is 0.276. The van der Waals surface area contributed by atoms with E-state index in [-0.39, 0.29) is 0 Å². The molecule has 2 aromatic rings. The number of aromatic nitrogens is 1. The zero-order valence-electron chi connectivity index (χ0n) is 4.59. The topological polar surface area (TPSA) is 39.5 Å². The van der Waals surface area contributed by atoms with Crippen LogP contribution in [-0.4, -0.2) is 4.40 Å². The van der Waals surface area contributed by atoms with Crippen molar-refractivity contribution in [3.8, 4) is 0 Å². The van der Waals surface area contributed by atoms with E-state index in [0.29, 0.717) is 0 Å². The van der Waals surface area contributed by atoms with E-state index in [0.717, 1.165) is 11.4 Å². The van der Waals surface area contributed by atoms with Crippen LogP contribution in [0, 0.1) is 0 Å². The number of fused-ring (bicyclic) bond motifs is 3. The molecule has 2 aromatic heterocycles. The van der Waals surface area contributed by atoms with Crippen LogP contribution in [0.5, 0.6) is 0 Å². The molecule has 0 saturated carbocycles. The Morgan fingerprint density at radius 3 is 3.44 bits per heavy atom. The van der Waals surface area contributed by atoms with E-state index in [9.17, 15) is 0 Å². The monoisotopic (exact) mass is 120 g/mol. The Morgan fingerprint density at radius 1 is 1.56 bits per heavy atom. The first-order chi connectivity index (χ1) is 4.45. The molecule has 3 nitrogen and oxygen atoms in total. The molecule has 0 amide bonds. The van der Waals surface area contributed by atoms with Gasteiger partial charge in [0, 0.05) is 12.4 Å². The van der Waals surface area contributed by atoms with E-state index < -0.39 is 0 Å². The Morgan fingerprint density at radius 2 is 2.56 bits per heavy atom. The van der Waals surface area contributed by atoms with Crippen LogP contribution in [0.3, 0.4) is 0 Å². The highest BCUT2D eigenvalue weighted by Crippen LogP contribution is 2.43. The Bertz CT molecular complexity index is 371. The molecule has 1 aliphatic rings. The zero-order valence-corrected chi connectivity index (χ0v) is 4.59. The molecule has 0 radical (unpaired) electrons. The van der Waals surface area contributed by atoms with Gasteiger partial charge in [-0.05, 0) is 0 Å². The number of oxazole rings is 1. The highest BCUT2D eigenvalue weighted by molar-refractivity contribution is 6.00. The van der Waals surface area contributed by atoms with E-state index >= 15 is 0 Å². The summed E-state index contributed by atoms with van der Waals surface area (Å²) in [4.78, 5) is 0. The minimum absolute atomic E-state index is 0.921. The lowest BCUT2D eigenvalue weighted by Gasteiger charge is -1.79. The van der Waals surface area contributed by atoms with Crippen molar-refractivity contribution in [3.63, 3.8) is 0 Å². The van der Waals surface area contributed by atoms with Gasteiger partial charge in [0.15, 0.2) is 0 Å². The van der Waals surface area contributed by atoms with Crippen molar-refractivity contribution in [2.75, 3.05) is 5.32 Å². The van der Waals surface area contributed by atoms with E-state index in [4.69, 9.17) is 4.42 Å². The van der Waals surface area contributed by atoms with Crippen LogP contribution in [-0.2, 0) is 0 Å². The normalized spacial score (nSPS) is 13.3. The van der Waals surface area contributed by atoms with Crippen LogP contribution >= 0.6 is 0 Å². The average molecular weight is 120 g/mol. The number of nitrogens with one attached hydrogen (secondary N) is 1. The van der Waals surface area contributed by atoms with Gasteiger partial charge in [0.1, 0.15) is 12.0 Å². The second-order valence-electron chi connectivity index (χ2n) is 2.16. The summed E-state index contributed by atoms with van der Waals surface area (Å²) < 4.78 is 7.10. The van der Waals surface area contributed by atoms with E-state index in [1.54, 1.807) is 6.26 Å². The first kappa shape index (κ1) is 3.61. The van der Waals surface area contributed by atoms with Crippen molar-refractivity contribution in [2.45, 2.75) is 0 Å². The van der Waals surface area contributed by atoms with E-state index in [1.165, 1.54) is 5.69 Å².